The van der Waals surface area contributed by atoms with Gasteiger partial charge in [-0.05, 0) is 42.0 Å². The fraction of sp³-hybridized carbons (Fsp3) is 0.292. The summed E-state index contributed by atoms with van der Waals surface area (Å²) in [5.74, 6) is 1.66. The summed E-state index contributed by atoms with van der Waals surface area (Å²) >= 11 is 0. The minimum Gasteiger partial charge on any atom is -0.362 e. The van der Waals surface area contributed by atoms with Crippen LogP contribution in [0.5, 0.6) is 0 Å². The van der Waals surface area contributed by atoms with Crippen LogP contribution in [0.1, 0.15) is 32.9 Å². The van der Waals surface area contributed by atoms with Crippen LogP contribution in [-0.2, 0) is 19.1 Å². The first-order chi connectivity index (χ1) is 16.0. The van der Waals surface area contributed by atoms with Gasteiger partial charge in [-0.3, -0.25) is 4.79 Å². The van der Waals surface area contributed by atoms with Crippen LogP contribution in [0, 0.1) is 0 Å². The van der Waals surface area contributed by atoms with E-state index in [-0.39, 0.29) is 5.56 Å². The number of hydrogen-bond donors (Lipinski definition) is 2. The van der Waals surface area contributed by atoms with Gasteiger partial charge in [0.1, 0.15) is 17.5 Å². The molecule has 34 heavy (non-hydrogen) atoms. The summed E-state index contributed by atoms with van der Waals surface area (Å²) in [6.07, 6.45) is -3.97. The molecule has 0 bridgehead atoms. The van der Waals surface area contributed by atoms with Crippen molar-refractivity contribution in [1.82, 2.24) is 9.97 Å². The molecule has 0 unspecified atom stereocenters. The van der Waals surface area contributed by atoms with E-state index >= 15 is 0 Å². The number of amides is 1. The SMILES string of the molecule is CN(C)c1nc(Cc2ccc(NC(=O)c3ccc(C(F)(F)F)cc3)cc2)nc(N(C)C)c1CN. The first-order valence-corrected chi connectivity index (χ1v) is 10.5. The highest BCUT2D eigenvalue weighted by atomic mass is 19.4. The number of carbonyl (C=O) groups is 1. The minimum absolute atomic E-state index is 0.137. The maximum absolute atomic E-state index is 12.7. The molecule has 3 rings (SSSR count). The zero-order valence-corrected chi connectivity index (χ0v) is 19.4. The maximum atomic E-state index is 12.7. The van der Waals surface area contributed by atoms with Crippen molar-refractivity contribution < 1.29 is 18.0 Å². The predicted molar refractivity (Wildman–Crippen MR) is 127 cm³/mol. The molecule has 0 aliphatic heterocycles. The number of carbonyl (C=O) groups excluding carboxylic acids is 1. The van der Waals surface area contributed by atoms with Gasteiger partial charge in [-0.25, -0.2) is 9.97 Å². The van der Waals surface area contributed by atoms with Crippen LogP contribution >= 0.6 is 0 Å². The number of nitrogens with one attached hydrogen (secondary N) is 1. The number of alkyl halides is 3. The predicted octanol–water partition coefficient (Wildman–Crippen LogP) is 3.93. The fourth-order valence-corrected chi connectivity index (χ4v) is 3.41. The van der Waals surface area contributed by atoms with Gasteiger partial charge >= 0.3 is 6.18 Å². The van der Waals surface area contributed by atoms with Gasteiger partial charge in [0, 0.05) is 52.4 Å². The summed E-state index contributed by atoms with van der Waals surface area (Å²) < 4.78 is 38.1. The van der Waals surface area contributed by atoms with Crippen LogP contribution in [0.15, 0.2) is 48.5 Å². The van der Waals surface area contributed by atoms with Gasteiger partial charge < -0.3 is 20.9 Å². The van der Waals surface area contributed by atoms with Gasteiger partial charge in [-0.15, -0.1) is 0 Å². The molecule has 0 aliphatic carbocycles. The second-order valence-electron chi connectivity index (χ2n) is 8.16. The molecule has 180 valence electrons. The highest BCUT2D eigenvalue weighted by Gasteiger charge is 2.30. The quantitative estimate of drug-likeness (QED) is 0.542. The first-order valence-electron chi connectivity index (χ1n) is 10.5. The smallest absolute Gasteiger partial charge is 0.362 e. The number of nitrogens with two attached hydrogens (primary N) is 1. The monoisotopic (exact) mass is 472 g/mol. The third kappa shape index (κ3) is 5.82. The zero-order chi connectivity index (χ0) is 25.0. The standard InChI is InChI=1S/C24H27F3N6O/c1-32(2)21-19(14-28)22(33(3)4)31-20(30-21)13-15-5-11-18(12-6-15)29-23(34)16-7-9-17(10-8-16)24(25,26)27/h5-12H,13-14,28H2,1-4H3,(H,29,34). The van der Waals surface area contributed by atoms with Crippen molar-refractivity contribution in [3.05, 3.63) is 76.6 Å². The zero-order valence-electron chi connectivity index (χ0n) is 19.4. The maximum Gasteiger partial charge on any atom is 0.416 e. The Kier molecular flexibility index (Phi) is 7.41. The van der Waals surface area contributed by atoms with E-state index in [0.717, 1.165) is 47.0 Å². The summed E-state index contributed by atoms with van der Waals surface area (Å²) in [7, 11) is 7.61. The molecule has 0 aliphatic rings. The average Bonchev–Trinajstić information content (AvgIpc) is 2.79. The van der Waals surface area contributed by atoms with Crippen molar-refractivity contribution >= 4 is 23.2 Å². The third-order valence-electron chi connectivity index (χ3n) is 5.11. The number of aromatic nitrogens is 2. The van der Waals surface area contributed by atoms with Gasteiger partial charge in [0.25, 0.3) is 5.91 Å². The number of rotatable bonds is 7. The van der Waals surface area contributed by atoms with Gasteiger partial charge in [0.2, 0.25) is 0 Å². The lowest BCUT2D eigenvalue weighted by atomic mass is 10.1. The number of anilines is 3. The molecule has 10 heteroatoms. The molecule has 0 radical (unpaired) electrons. The molecule has 0 atom stereocenters. The van der Waals surface area contributed by atoms with Crippen molar-refractivity contribution in [3.63, 3.8) is 0 Å². The number of nitrogens with zero attached hydrogens (tertiary/aromatic N) is 4. The molecule has 7 nitrogen and oxygen atoms in total. The van der Waals surface area contributed by atoms with Gasteiger partial charge in [-0.1, -0.05) is 12.1 Å². The number of halogens is 3. The first kappa shape index (κ1) is 25.0. The van der Waals surface area contributed by atoms with Crippen molar-refractivity contribution in [2.45, 2.75) is 19.1 Å². The van der Waals surface area contributed by atoms with Crippen LogP contribution in [0.4, 0.5) is 30.5 Å². The Morgan fingerprint density at radius 3 is 1.88 bits per heavy atom. The van der Waals surface area contributed by atoms with E-state index < -0.39 is 17.6 Å². The van der Waals surface area contributed by atoms with E-state index in [9.17, 15) is 18.0 Å². The Balaban J connectivity index is 1.74. The van der Waals surface area contributed by atoms with Crippen molar-refractivity contribution in [3.8, 4) is 0 Å². The molecule has 3 N–H and O–H groups in total. The third-order valence-corrected chi connectivity index (χ3v) is 5.11. The Morgan fingerprint density at radius 2 is 1.44 bits per heavy atom. The molecule has 0 fully saturated rings. The average molecular weight is 473 g/mol. The Bertz CT molecular complexity index is 1110. The summed E-state index contributed by atoms with van der Waals surface area (Å²) in [5, 5.41) is 2.69. The van der Waals surface area contributed by atoms with E-state index in [1.165, 1.54) is 0 Å². The lowest BCUT2D eigenvalue weighted by Gasteiger charge is -2.22. The van der Waals surface area contributed by atoms with Crippen molar-refractivity contribution in [2.75, 3.05) is 43.3 Å². The molecule has 0 saturated heterocycles. The van der Waals surface area contributed by atoms with Gasteiger partial charge in [0.15, 0.2) is 0 Å². The molecule has 1 amide bonds. The number of benzene rings is 2. The molecule has 2 aromatic carbocycles. The molecule has 0 spiro atoms. The summed E-state index contributed by atoms with van der Waals surface area (Å²) in [4.78, 5) is 25.5. The molecular weight excluding hydrogens is 445 g/mol. The van der Waals surface area contributed by atoms with Crippen LogP contribution in [0.2, 0.25) is 0 Å². The Hall–Kier alpha value is -3.66. The molecule has 1 heterocycles. The minimum atomic E-state index is -4.44. The molecule has 1 aromatic heterocycles. The van der Waals surface area contributed by atoms with E-state index in [1.807, 2.05) is 50.1 Å². The number of hydrogen-bond acceptors (Lipinski definition) is 6. The fourth-order valence-electron chi connectivity index (χ4n) is 3.41. The van der Waals surface area contributed by atoms with E-state index in [0.29, 0.717) is 24.5 Å². The topological polar surface area (TPSA) is 87.4 Å². The summed E-state index contributed by atoms with van der Waals surface area (Å²) in [6.45, 7) is 0.314. The summed E-state index contributed by atoms with van der Waals surface area (Å²) in [5.41, 5.74) is 7.59. The lowest BCUT2D eigenvalue weighted by Crippen LogP contribution is -2.22. The lowest BCUT2D eigenvalue weighted by molar-refractivity contribution is -0.137. The Morgan fingerprint density at radius 1 is 0.912 bits per heavy atom. The molecular formula is C24H27F3N6O. The highest BCUT2D eigenvalue weighted by Crippen LogP contribution is 2.29. The van der Waals surface area contributed by atoms with Crippen molar-refractivity contribution in [2.24, 2.45) is 5.73 Å². The van der Waals surface area contributed by atoms with Gasteiger partial charge in [0.05, 0.1) is 11.1 Å². The van der Waals surface area contributed by atoms with Crippen LogP contribution in [0.25, 0.3) is 0 Å². The molecule has 0 saturated carbocycles. The van der Waals surface area contributed by atoms with Crippen molar-refractivity contribution in [1.29, 1.82) is 0 Å². The second-order valence-corrected chi connectivity index (χ2v) is 8.16. The molecule has 3 aromatic rings. The van der Waals surface area contributed by atoms with Crippen LogP contribution < -0.4 is 20.9 Å². The highest BCUT2D eigenvalue weighted by molar-refractivity contribution is 6.04. The van der Waals surface area contributed by atoms with Crippen LogP contribution in [-0.4, -0.2) is 44.1 Å². The second kappa shape index (κ2) is 10.1. The van der Waals surface area contributed by atoms with Crippen LogP contribution in [0.3, 0.4) is 0 Å². The summed E-state index contributed by atoms with van der Waals surface area (Å²) in [6, 6.07) is 11.2. The van der Waals surface area contributed by atoms with E-state index in [1.54, 1.807) is 12.1 Å². The largest absolute Gasteiger partial charge is 0.416 e. The van der Waals surface area contributed by atoms with E-state index in [2.05, 4.69) is 15.3 Å². The normalized spacial score (nSPS) is 11.3. The van der Waals surface area contributed by atoms with Gasteiger partial charge in [-0.2, -0.15) is 13.2 Å². The van der Waals surface area contributed by atoms with E-state index in [4.69, 9.17) is 5.73 Å². The Labute approximate surface area is 196 Å².